The Hall–Kier alpha value is -1.70. The van der Waals surface area contributed by atoms with E-state index in [0.29, 0.717) is 17.2 Å². The fraction of sp³-hybridized carbons (Fsp3) is 0.667. The van der Waals surface area contributed by atoms with Crippen molar-refractivity contribution in [2.24, 2.45) is 0 Å². The first-order valence-electron chi connectivity index (χ1n) is 8.00. The molecule has 2 rings (SSSR count). The average Bonchev–Trinajstić information content (AvgIpc) is 2.55. The van der Waals surface area contributed by atoms with E-state index in [1.165, 1.54) is 12.6 Å². The number of aromatic nitrogens is 2. The Kier molecular flexibility index (Phi) is 5.92. The topological polar surface area (TPSA) is 92.3 Å². The minimum Gasteiger partial charge on any atom is -0.351 e. The monoisotopic (exact) mass is 340 g/mol. The molecule has 2 heterocycles. The van der Waals surface area contributed by atoms with Crippen LogP contribution in [0.2, 0.25) is 0 Å². The molecule has 8 heteroatoms. The number of carbonyl (C=O) groups is 1. The van der Waals surface area contributed by atoms with Crippen molar-refractivity contribution in [3.05, 3.63) is 17.5 Å². The van der Waals surface area contributed by atoms with Crippen molar-refractivity contribution < 1.29 is 13.2 Å². The molecule has 1 aliphatic rings. The molecule has 7 nitrogen and oxygen atoms in total. The highest BCUT2D eigenvalue weighted by atomic mass is 32.2. The molecular formula is C15H24N4O3S. The molecule has 1 saturated heterocycles. The lowest BCUT2D eigenvalue weighted by molar-refractivity contribution is 0.0954. The van der Waals surface area contributed by atoms with Gasteiger partial charge in [0.2, 0.25) is 5.95 Å². The third kappa shape index (κ3) is 4.89. The van der Waals surface area contributed by atoms with E-state index in [1.54, 1.807) is 13.8 Å². The summed E-state index contributed by atoms with van der Waals surface area (Å²) >= 11 is 0. The maximum absolute atomic E-state index is 12.1. The van der Waals surface area contributed by atoms with Crippen molar-refractivity contribution in [2.45, 2.75) is 33.1 Å². The quantitative estimate of drug-likeness (QED) is 0.828. The summed E-state index contributed by atoms with van der Waals surface area (Å²) in [5.74, 6) is 0.350. The van der Waals surface area contributed by atoms with Crippen molar-refractivity contribution in [3.63, 3.8) is 0 Å². The smallest absolute Gasteiger partial charge is 0.254 e. The van der Waals surface area contributed by atoms with Crippen LogP contribution < -0.4 is 10.2 Å². The lowest BCUT2D eigenvalue weighted by Gasteiger charge is -2.26. The van der Waals surface area contributed by atoms with Crippen molar-refractivity contribution in [1.82, 2.24) is 15.3 Å². The zero-order valence-electron chi connectivity index (χ0n) is 13.7. The van der Waals surface area contributed by atoms with E-state index in [4.69, 9.17) is 0 Å². The van der Waals surface area contributed by atoms with Gasteiger partial charge in [0.25, 0.3) is 5.91 Å². The van der Waals surface area contributed by atoms with Gasteiger partial charge in [-0.05, 0) is 26.2 Å². The van der Waals surface area contributed by atoms with Gasteiger partial charge in [-0.2, -0.15) is 0 Å². The van der Waals surface area contributed by atoms with Crippen LogP contribution >= 0.6 is 0 Å². The zero-order chi connectivity index (χ0) is 16.9. The number of rotatable bonds is 6. The first-order chi connectivity index (χ1) is 10.9. The maximum Gasteiger partial charge on any atom is 0.254 e. The second kappa shape index (κ2) is 7.72. The van der Waals surface area contributed by atoms with Gasteiger partial charge in [-0.1, -0.05) is 6.92 Å². The fourth-order valence-corrected chi connectivity index (χ4v) is 3.19. The Labute approximate surface area is 137 Å². The molecule has 0 spiro atoms. The molecule has 0 unspecified atom stereocenters. The van der Waals surface area contributed by atoms with Crippen LogP contribution in [0.25, 0.3) is 0 Å². The molecule has 1 aliphatic heterocycles. The van der Waals surface area contributed by atoms with Gasteiger partial charge in [0, 0.05) is 31.6 Å². The van der Waals surface area contributed by atoms with Gasteiger partial charge in [-0.3, -0.25) is 4.79 Å². The van der Waals surface area contributed by atoms with Gasteiger partial charge in [0.05, 0.1) is 17.0 Å². The number of piperidine rings is 1. The van der Waals surface area contributed by atoms with Crippen molar-refractivity contribution in [1.29, 1.82) is 0 Å². The molecule has 0 radical (unpaired) electrons. The molecule has 1 aromatic heterocycles. The number of sulfone groups is 1. The number of anilines is 1. The van der Waals surface area contributed by atoms with Crippen LogP contribution in [-0.2, 0) is 9.84 Å². The lowest BCUT2D eigenvalue weighted by atomic mass is 10.1. The highest BCUT2D eigenvalue weighted by Gasteiger charge is 2.17. The minimum atomic E-state index is -3.08. The van der Waals surface area contributed by atoms with Gasteiger partial charge in [0.1, 0.15) is 0 Å². The van der Waals surface area contributed by atoms with E-state index in [-0.39, 0.29) is 24.0 Å². The van der Waals surface area contributed by atoms with Crippen molar-refractivity contribution >= 4 is 21.7 Å². The number of nitrogens with zero attached hydrogens (tertiary/aromatic N) is 3. The van der Waals surface area contributed by atoms with Crippen molar-refractivity contribution in [3.8, 4) is 0 Å². The van der Waals surface area contributed by atoms with Gasteiger partial charge in [0.15, 0.2) is 9.84 Å². The van der Waals surface area contributed by atoms with Crippen LogP contribution in [0, 0.1) is 6.92 Å². The highest BCUT2D eigenvalue weighted by Crippen LogP contribution is 2.16. The molecule has 1 aromatic rings. The summed E-state index contributed by atoms with van der Waals surface area (Å²) in [7, 11) is -3.08. The summed E-state index contributed by atoms with van der Waals surface area (Å²) in [5.41, 5.74) is 0.996. The van der Waals surface area contributed by atoms with E-state index < -0.39 is 9.84 Å². The third-order valence-electron chi connectivity index (χ3n) is 3.99. The largest absolute Gasteiger partial charge is 0.351 e. The molecule has 128 valence electrons. The number of carbonyl (C=O) groups excluding carboxylic acids is 1. The van der Waals surface area contributed by atoms with Crippen LogP contribution in [-0.4, -0.2) is 55.4 Å². The van der Waals surface area contributed by atoms with E-state index in [2.05, 4.69) is 20.2 Å². The fourth-order valence-electron chi connectivity index (χ4n) is 2.48. The molecule has 0 aromatic carbocycles. The van der Waals surface area contributed by atoms with Gasteiger partial charge in [-0.15, -0.1) is 0 Å². The standard InChI is InChI=1S/C15H24N4O3S/c1-3-23(21,22)10-7-16-14(20)13-11-17-15(18-12(13)2)19-8-5-4-6-9-19/h11H,3-10H2,1-2H3,(H,16,20). The van der Waals surface area contributed by atoms with Crippen LogP contribution in [0.15, 0.2) is 6.20 Å². The molecule has 0 bridgehead atoms. The molecular weight excluding hydrogens is 316 g/mol. The van der Waals surface area contributed by atoms with E-state index in [0.717, 1.165) is 25.9 Å². The number of nitrogens with one attached hydrogen (secondary N) is 1. The second-order valence-corrected chi connectivity index (χ2v) is 8.18. The number of hydrogen-bond acceptors (Lipinski definition) is 6. The first-order valence-corrected chi connectivity index (χ1v) is 9.82. The number of hydrogen-bond donors (Lipinski definition) is 1. The van der Waals surface area contributed by atoms with Crippen LogP contribution in [0.3, 0.4) is 0 Å². The summed E-state index contributed by atoms with van der Waals surface area (Å²) in [6.07, 6.45) is 5.03. The second-order valence-electron chi connectivity index (χ2n) is 5.71. The van der Waals surface area contributed by atoms with E-state index >= 15 is 0 Å². The first kappa shape index (κ1) is 17.7. The van der Waals surface area contributed by atoms with Gasteiger partial charge < -0.3 is 10.2 Å². The highest BCUT2D eigenvalue weighted by molar-refractivity contribution is 7.91. The van der Waals surface area contributed by atoms with Crippen LogP contribution in [0.5, 0.6) is 0 Å². The molecule has 0 aliphatic carbocycles. The SMILES string of the molecule is CCS(=O)(=O)CCNC(=O)c1cnc(N2CCCCC2)nc1C. The summed E-state index contributed by atoms with van der Waals surface area (Å²) in [6.45, 7) is 5.35. The van der Waals surface area contributed by atoms with Crippen molar-refractivity contribution in [2.75, 3.05) is 36.0 Å². The Morgan fingerprint density at radius 2 is 2.00 bits per heavy atom. The Morgan fingerprint density at radius 3 is 2.61 bits per heavy atom. The lowest BCUT2D eigenvalue weighted by Crippen LogP contribution is -2.32. The van der Waals surface area contributed by atoms with Crippen LogP contribution in [0.4, 0.5) is 5.95 Å². The van der Waals surface area contributed by atoms with Gasteiger partial charge in [-0.25, -0.2) is 18.4 Å². The zero-order valence-corrected chi connectivity index (χ0v) is 14.5. The summed E-state index contributed by atoms with van der Waals surface area (Å²) in [5, 5.41) is 2.62. The molecule has 23 heavy (non-hydrogen) atoms. The Bertz CT molecular complexity index is 655. The molecule has 0 saturated carbocycles. The van der Waals surface area contributed by atoms with Gasteiger partial charge >= 0.3 is 0 Å². The van der Waals surface area contributed by atoms with E-state index in [9.17, 15) is 13.2 Å². The van der Waals surface area contributed by atoms with Crippen LogP contribution in [0.1, 0.15) is 42.2 Å². The molecule has 0 atom stereocenters. The minimum absolute atomic E-state index is 0.0546. The molecule has 1 fully saturated rings. The summed E-state index contributed by atoms with van der Waals surface area (Å²) in [6, 6.07) is 0. The maximum atomic E-state index is 12.1. The number of amides is 1. The molecule has 1 N–H and O–H groups in total. The Morgan fingerprint density at radius 1 is 1.30 bits per heavy atom. The summed E-state index contributed by atoms with van der Waals surface area (Å²) < 4.78 is 22.8. The predicted octanol–water partition coefficient (Wildman–Crippen LogP) is 0.940. The molecule has 1 amide bonds. The number of aryl methyl sites for hydroxylation is 1. The average molecular weight is 340 g/mol. The Balaban J connectivity index is 1.98. The predicted molar refractivity (Wildman–Crippen MR) is 89.5 cm³/mol. The normalized spacial score (nSPS) is 15.5. The summed E-state index contributed by atoms with van der Waals surface area (Å²) in [4.78, 5) is 23.0. The van der Waals surface area contributed by atoms with E-state index in [1.807, 2.05) is 0 Å². The third-order valence-corrected chi connectivity index (χ3v) is 5.69.